The Labute approximate surface area is 418 Å². The van der Waals surface area contributed by atoms with Crippen LogP contribution in [-0.4, -0.2) is 131 Å². The van der Waals surface area contributed by atoms with Crippen molar-refractivity contribution in [2.75, 3.05) is 82.8 Å². The zero-order valence-electron chi connectivity index (χ0n) is 41.6. The minimum absolute atomic E-state index is 0.0212. The van der Waals surface area contributed by atoms with Gasteiger partial charge in [0.2, 0.25) is 5.91 Å². The number of halogens is 2. The summed E-state index contributed by atoms with van der Waals surface area (Å²) in [4.78, 5) is 60.5. The first-order valence-electron chi connectivity index (χ1n) is 25.2. The van der Waals surface area contributed by atoms with E-state index in [1.807, 2.05) is 25.7 Å². The average molecular weight is 984 g/mol. The lowest BCUT2D eigenvalue weighted by atomic mass is 9.65. The van der Waals surface area contributed by atoms with E-state index in [9.17, 15) is 23.9 Å². The van der Waals surface area contributed by atoms with Gasteiger partial charge in [0.05, 0.1) is 30.4 Å². The molecule has 5 aliphatic rings. The Hall–Kier alpha value is -6.64. The molecule has 3 aromatic carbocycles. The van der Waals surface area contributed by atoms with Crippen LogP contribution < -0.4 is 25.0 Å². The highest BCUT2D eigenvalue weighted by Gasteiger charge is 2.46. The second kappa shape index (κ2) is 19.4. The van der Waals surface area contributed by atoms with Crippen molar-refractivity contribution < 1.29 is 37.7 Å². The Balaban J connectivity index is 0.723. The van der Waals surface area contributed by atoms with Gasteiger partial charge in [-0.1, -0.05) is 12.0 Å². The van der Waals surface area contributed by atoms with Crippen molar-refractivity contribution in [2.24, 2.45) is 16.7 Å². The monoisotopic (exact) mass is 983 g/mol. The summed E-state index contributed by atoms with van der Waals surface area (Å²) in [5.74, 6) is 1.96. The number of amides is 4. The molecule has 5 aromatic rings. The molecule has 4 amide bonds. The second-order valence-electron chi connectivity index (χ2n) is 21.8. The summed E-state index contributed by atoms with van der Waals surface area (Å²) in [5.41, 5.74) is 0.692. The number of piperazine rings is 1. The minimum atomic E-state index is -0.771. The van der Waals surface area contributed by atoms with Gasteiger partial charge in [0.15, 0.2) is 5.82 Å². The maximum Gasteiger partial charge on any atom is 0.328 e. The van der Waals surface area contributed by atoms with Crippen LogP contribution in [0.2, 0.25) is 0 Å². The molecule has 17 heteroatoms. The lowest BCUT2D eigenvalue weighted by Crippen LogP contribution is -2.50. The third-order valence-corrected chi connectivity index (χ3v) is 15.7. The number of aromatic nitrogens is 3. The maximum atomic E-state index is 16.9. The molecule has 15 nitrogen and oxygen atoms in total. The van der Waals surface area contributed by atoms with E-state index in [2.05, 4.69) is 36.3 Å². The molecule has 3 N–H and O–H groups in total. The van der Waals surface area contributed by atoms with Crippen LogP contribution in [0.3, 0.4) is 0 Å². The van der Waals surface area contributed by atoms with E-state index >= 15 is 4.39 Å². The fourth-order valence-corrected chi connectivity index (χ4v) is 11.4. The van der Waals surface area contributed by atoms with Crippen molar-refractivity contribution in [3.8, 4) is 41.1 Å². The van der Waals surface area contributed by atoms with Crippen molar-refractivity contribution >= 4 is 51.0 Å². The Morgan fingerprint density at radius 2 is 1.68 bits per heavy atom. The quantitative estimate of drug-likeness (QED) is 0.103. The number of carbonyl (C=O) groups is 3. The van der Waals surface area contributed by atoms with Crippen LogP contribution in [0.4, 0.5) is 25.1 Å². The maximum absolute atomic E-state index is 16.9. The molecule has 378 valence electrons. The van der Waals surface area contributed by atoms with Gasteiger partial charge < -0.3 is 34.6 Å². The summed E-state index contributed by atoms with van der Waals surface area (Å²) in [6, 6.07) is 10.2. The van der Waals surface area contributed by atoms with E-state index in [0.29, 0.717) is 59.2 Å². The van der Waals surface area contributed by atoms with Crippen molar-refractivity contribution in [1.82, 2.24) is 35.0 Å². The molecule has 2 aliphatic carbocycles. The smallest absolute Gasteiger partial charge is 0.328 e. The van der Waals surface area contributed by atoms with E-state index in [4.69, 9.17) is 20.9 Å². The van der Waals surface area contributed by atoms with Gasteiger partial charge in [-0.15, -0.1) is 6.42 Å². The number of nitrogens with zero attached hydrogens (tertiary/aromatic N) is 7. The molecule has 0 unspecified atom stereocenters. The van der Waals surface area contributed by atoms with E-state index in [1.54, 1.807) is 18.2 Å². The molecule has 72 heavy (non-hydrogen) atoms. The number of hydrogen-bond donors (Lipinski definition) is 3. The van der Waals surface area contributed by atoms with Gasteiger partial charge in [0, 0.05) is 99.0 Å². The lowest BCUT2D eigenvalue weighted by molar-refractivity contribution is -0.120. The standard InChI is InChI=1S/C55H63F2N9O6/c1-6-38-41(56)9-7-35-27-37(67)29-39(45(35)38)47-46(57)48-40(30-58-47)49(62-53(2,3)4)61-51(60-48)72-33-55(16-17-55)32-64-25-23-63(24-26-64)31-34-11-14-54(15-12-34)18-21-65(22-19-54)50(69)36-8-10-43(71-5)42(28-36)66-20-13-44(68)59-52(66)70/h1,7-10,27-30,34,67H,11-26,31-33H2,2-5H3,(H,59,68,70)(H,60,61,62). The molecule has 2 saturated carbocycles. The van der Waals surface area contributed by atoms with Gasteiger partial charge in [0.1, 0.15) is 34.3 Å². The van der Waals surface area contributed by atoms with Gasteiger partial charge in [-0.05, 0) is 125 Å². The van der Waals surface area contributed by atoms with E-state index in [-0.39, 0.29) is 75.1 Å². The number of carbonyl (C=O) groups excluding carboxylic acids is 3. The SMILES string of the molecule is C#Cc1c(F)ccc2cc(O)cc(-c3ncc4c(NC(C)(C)C)nc(OCC5(CN6CCN(CC7CCC8(CC7)CCN(C(=O)c7ccc(OC)c(N9CCC(=O)NC9=O)c7)CC8)CC6)CC5)nc4c3F)c12. The number of aromatic hydroxyl groups is 1. The topological polar surface area (TPSA) is 166 Å². The minimum Gasteiger partial charge on any atom is -0.508 e. The van der Waals surface area contributed by atoms with Crippen molar-refractivity contribution in [3.05, 3.63) is 71.4 Å². The van der Waals surface area contributed by atoms with E-state index < -0.39 is 23.2 Å². The predicted octanol–water partition coefficient (Wildman–Crippen LogP) is 8.36. The zero-order valence-corrected chi connectivity index (χ0v) is 41.6. The van der Waals surface area contributed by atoms with Crippen LogP contribution in [-0.2, 0) is 4.79 Å². The molecule has 5 heterocycles. The second-order valence-corrected chi connectivity index (χ2v) is 21.8. The molecule has 3 saturated heterocycles. The molecule has 2 aromatic heterocycles. The molecule has 0 bridgehead atoms. The first kappa shape index (κ1) is 49.0. The van der Waals surface area contributed by atoms with Crippen LogP contribution in [0.25, 0.3) is 32.9 Å². The average Bonchev–Trinajstić information content (AvgIpc) is 4.13. The number of ether oxygens (including phenoxy) is 2. The van der Waals surface area contributed by atoms with Crippen molar-refractivity contribution in [1.29, 1.82) is 0 Å². The van der Waals surface area contributed by atoms with Gasteiger partial charge in [0.25, 0.3) is 5.91 Å². The molecular formula is C55H63F2N9O6. The van der Waals surface area contributed by atoms with Crippen LogP contribution in [0.15, 0.2) is 48.7 Å². The van der Waals surface area contributed by atoms with E-state index in [1.165, 1.54) is 68.2 Å². The molecule has 10 rings (SSSR count). The largest absolute Gasteiger partial charge is 0.508 e. The number of nitrogens with one attached hydrogen (secondary N) is 2. The number of phenols is 1. The Morgan fingerprint density at radius 1 is 0.944 bits per heavy atom. The van der Waals surface area contributed by atoms with E-state index in [0.717, 1.165) is 65.0 Å². The molecular weight excluding hydrogens is 921 g/mol. The Bertz CT molecular complexity index is 2980. The summed E-state index contributed by atoms with van der Waals surface area (Å²) in [6.07, 6.45) is 16.1. The van der Waals surface area contributed by atoms with Crippen molar-refractivity contribution in [3.63, 3.8) is 0 Å². The summed E-state index contributed by atoms with van der Waals surface area (Å²) >= 11 is 0. The van der Waals surface area contributed by atoms with Crippen molar-refractivity contribution in [2.45, 2.75) is 84.1 Å². The van der Waals surface area contributed by atoms with Crippen LogP contribution >= 0.6 is 0 Å². The highest BCUT2D eigenvalue weighted by molar-refractivity contribution is 6.07. The highest BCUT2D eigenvalue weighted by atomic mass is 19.1. The molecule has 0 atom stereocenters. The summed E-state index contributed by atoms with van der Waals surface area (Å²) in [7, 11) is 1.52. The van der Waals surface area contributed by atoms with Gasteiger partial charge in [-0.2, -0.15) is 9.97 Å². The van der Waals surface area contributed by atoms with Crippen LogP contribution in [0.5, 0.6) is 17.5 Å². The number of urea groups is 1. The fraction of sp³-hybridized carbons (Fsp3) is 0.491. The Kier molecular flexibility index (Phi) is 13.2. The Morgan fingerprint density at radius 3 is 2.36 bits per heavy atom. The van der Waals surface area contributed by atoms with Crippen LogP contribution in [0, 0.1) is 40.7 Å². The number of methoxy groups -OCH3 is 1. The van der Waals surface area contributed by atoms with Gasteiger partial charge in [-0.3, -0.25) is 24.8 Å². The first-order valence-corrected chi connectivity index (χ1v) is 25.2. The number of hydrogen-bond acceptors (Lipinski definition) is 12. The third kappa shape index (κ3) is 10.1. The summed E-state index contributed by atoms with van der Waals surface area (Å²) < 4.78 is 43.7. The molecule has 1 spiro atoms. The van der Waals surface area contributed by atoms with Crippen LogP contribution in [0.1, 0.15) is 94.5 Å². The summed E-state index contributed by atoms with van der Waals surface area (Å²) in [6.45, 7) is 13.9. The number of phenolic OH excluding ortho intramolecular Hbond substituents is 1. The number of imide groups is 1. The predicted molar refractivity (Wildman–Crippen MR) is 271 cm³/mol. The number of piperidine rings is 1. The number of pyridine rings is 1. The highest BCUT2D eigenvalue weighted by Crippen LogP contribution is 2.48. The number of benzene rings is 3. The zero-order chi connectivity index (χ0) is 50.5. The normalized spacial score (nSPS) is 19.6. The lowest BCUT2D eigenvalue weighted by Gasteiger charge is -2.47. The first-order chi connectivity index (χ1) is 34.5. The summed E-state index contributed by atoms with van der Waals surface area (Å²) in [5, 5.41) is 17.4. The number of rotatable bonds is 12. The number of anilines is 2. The third-order valence-electron chi connectivity index (χ3n) is 15.7. The molecule has 5 fully saturated rings. The van der Waals surface area contributed by atoms with Gasteiger partial charge >= 0.3 is 12.0 Å². The van der Waals surface area contributed by atoms with Gasteiger partial charge in [-0.25, -0.2) is 13.6 Å². The molecule has 0 radical (unpaired) electrons. The number of likely N-dealkylation sites (tertiary alicyclic amines) is 1. The molecule has 3 aliphatic heterocycles. The number of terminal acetylenes is 1. The number of fused-ring (bicyclic) bond motifs is 2. The fourth-order valence-electron chi connectivity index (χ4n) is 11.4.